The van der Waals surface area contributed by atoms with Crippen LogP contribution in [-0.2, 0) is 30.7 Å². The Bertz CT molecular complexity index is 1110. The second-order valence-corrected chi connectivity index (χ2v) is 8.30. The zero-order valence-corrected chi connectivity index (χ0v) is 19.3. The molecular weight excluding hydrogens is 402 g/mol. The Kier molecular flexibility index (Phi) is 6.53. The highest BCUT2D eigenvalue weighted by atomic mass is 16.5. The summed E-state index contributed by atoms with van der Waals surface area (Å²) in [6.45, 7) is 7.47. The molecule has 0 radical (unpaired) electrons. The molecule has 32 heavy (non-hydrogen) atoms. The minimum absolute atomic E-state index is 0.0593. The van der Waals surface area contributed by atoms with Gasteiger partial charge in [0.2, 0.25) is 11.8 Å². The topological polar surface area (TPSA) is 81.9 Å². The summed E-state index contributed by atoms with van der Waals surface area (Å²) >= 11 is 0. The summed E-state index contributed by atoms with van der Waals surface area (Å²) in [5, 5.41) is 7.70. The van der Waals surface area contributed by atoms with Crippen molar-refractivity contribution in [3.8, 4) is 17.3 Å². The molecule has 0 aliphatic heterocycles. The van der Waals surface area contributed by atoms with Gasteiger partial charge < -0.3 is 10.1 Å². The molecule has 2 heterocycles. The Labute approximate surface area is 189 Å². The fourth-order valence-corrected chi connectivity index (χ4v) is 4.50. The molecule has 4 rings (SSSR count). The van der Waals surface area contributed by atoms with Gasteiger partial charge in [0, 0.05) is 41.4 Å². The first-order valence-electron chi connectivity index (χ1n) is 11.3. The lowest BCUT2D eigenvalue weighted by atomic mass is 9.98. The van der Waals surface area contributed by atoms with Crippen molar-refractivity contribution in [1.29, 1.82) is 0 Å². The summed E-state index contributed by atoms with van der Waals surface area (Å²) in [6.07, 6.45) is 2.99. The van der Waals surface area contributed by atoms with Crippen LogP contribution in [0.25, 0.3) is 11.4 Å². The Morgan fingerprint density at radius 1 is 1.16 bits per heavy atom. The van der Waals surface area contributed by atoms with Crippen molar-refractivity contribution < 1.29 is 9.53 Å². The number of hydrogen-bond donors (Lipinski definition) is 1. The third kappa shape index (κ3) is 4.38. The highest BCUT2D eigenvalue weighted by molar-refractivity contribution is 5.78. The molecule has 0 bridgehead atoms. The highest BCUT2D eigenvalue weighted by Gasteiger charge is 2.26. The van der Waals surface area contributed by atoms with E-state index < -0.39 is 0 Å². The smallest absolute Gasteiger partial charge is 0.223 e. The number of fused-ring (bicyclic) bond motifs is 1. The second kappa shape index (κ2) is 9.51. The molecule has 7 heteroatoms. The van der Waals surface area contributed by atoms with Crippen LogP contribution in [0.3, 0.4) is 0 Å². The van der Waals surface area contributed by atoms with Gasteiger partial charge in [-0.05, 0) is 46.5 Å². The van der Waals surface area contributed by atoms with Crippen molar-refractivity contribution in [3.05, 3.63) is 58.5 Å². The van der Waals surface area contributed by atoms with Crippen LogP contribution >= 0.6 is 0 Å². The summed E-state index contributed by atoms with van der Waals surface area (Å²) < 4.78 is 7.59. The number of ether oxygens (including phenoxy) is 1. The third-order valence-corrected chi connectivity index (χ3v) is 6.39. The van der Waals surface area contributed by atoms with E-state index in [1.54, 1.807) is 7.11 Å². The van der Waals surface area contributed by atoms with Crippen molar-refractivity contribution in [3.63, 3.8) is 0 Å². The van der Waals surface area contributed by atoms with Gasteiger partial charge in [-0.1, -0.05) is 30.3 Å². The van der Waals surface area contributed by atoms with Crippen LogP contribution in [0, 0.1) is 19.8 Å². The van der Waals surface area contributed by atoms with Gasteiger partial charge in [0.25, 0.3) is 0 Å². The lowest BCUT2D eigenvalue weighted by Gasteiger charge is -2.14. The van der Waals surface area contributed by atoms with E-state index in [1.165, 1.54) is 0 Å². The molecular formula is C25H31N5O2. The Hall–Kier alpha value is -3.22. The van der Waals surface area contributed by atoms with Gasteiger partial charge in [0.15, 0.2) is 5.82 Å². The lowest BCUT2D eigenvalue weighted by Crippen LogP contribution is -2.30. The van der Waals surface area contributed by atoms with Gasteiger partial charge in [-0.3, -0.25) is 9.48 Å². The van der Waals surface area contributed by atoms with E-state index in [2.05, 4.69) is 29.2 Å². The molecule has 7 nitrogen and oxygen atoms in total. The molecule has 3 aromatic rings. The molecule has 0 saturated carbocycles. The molecule has 2 aromatic heterocycles. The first-order valence-corrected chi connectivity index (χ1v) is 11.3. The van der Waals surface area contributed by atoms with E-state index in [0.29, 0.717) is 18.2 Å². The van der Waals surface area contributed by atoms with E-state index in [4.69, 9.17) is 9.72 Å². The van der Waals surface area contributed by atoms with Crippen molar-refractivity contribution in [2.75, 3.05) is 7.11 Å². The quantitative estimate of drug-likeness (QED) is 0.598. The molecule has 0 saturated heterocycles. The zero-order valence-electron chi connectivity index (χ0n) is 19.3. The number of benzene rings is 1. The number of nitrogens with one attached hydrogen (secondary N) is 1. The van der Waals surface area contributed by atoms with Crippen LogP contribution in [0.5, 0.6) is 5.88 Å². The van der Waals surface area contributed by atoms with Gasteiger partial charge in [0.05, 0.1) is 18.5 Å². The zero-order chi connectivity index (χ0) is 22.7. The average Bonchev–Trinajstić information content (AvgIpc) is 2.97. The van der Waals surface area contributed by atoms with Crippen molar-refractivity contribution in [1.82, 2.24) is 25.1 Å². The first kappa shape index (κ1) is 22.0. The van der Waals surface area contributed by atoms with E-state index in [-0.39, 0.29) is 11.8 Å². The Balaban J connectivity index is 1.48. The molecule has 1 amide bonds. The fraction of sp³-hybridized carbons (Fsp3) is 0.440. The van der Waals surface area contributed by atoms with Crippen molar-refractivity contribution in [2.24, 2.45) is 5.92 Å². The highest BCUT2D eigenvalue weighted by Crippen LogP contribution is 2.31. The number of nitrogens with zero attached hydrogens (tertiary/aromatic N) is 4. The summed E-state index contributed by atoms with van der Waals surface area (Å²) in [5.74, 6) is 1.32. The number of aryl methyl sites for hydroxylation is 3. The monoisotopic (exact) mass is 433 g/mol. The maximum Gasteiger partial charge on any atom is 0.223 e. The van der Waals surface area contributed by atoms with Gasteiger partial charge in [-0.25, -0.2) is 4.98 Å². The van der Waals surface area contributed by atoms with Crippen LogP contribution < -0.4 is 10.1 Å². The molecule has 1 atom stereocenters. The number of hydrogen-bond acceptors (Lipinski definition) is 5. The first-order chi connectivity index (χ1) is 15.5. The lowest BCUT2D eigenvalue weighted by molar-refractivity contribution is -0.125. The largest absolute Gasteiger partial charge is 0.481 e. The Morgan fingerprint density at radius 3 is 2.59 bits per heavy atom. The number of carbonyl (C=O) groups is 1. The minimum atomic E-state index is -0.0593. The molecule has 1 N–H and O–H groups in total. The average molecular weight is 434 g/mol. The summed E-state index contributed by atoms with van der Waals surface area (Å²) in [5.41, 5.74) is 6.18. The van der Waals surface area contributed by atoms with Gasteiger partial charge in [0.1, 0.15) is 0 Å². The predicted molar refractivity (Wildman–Crippen MR) is 123 cm³/mol. The van der Waals surface area contributed by atoms with Crippen molar-refractivity contribution in [2.45, 2.75) is 59.5 Å². The number of rotatable bonds is 6. The molecule has 1 aromatic carbocycles. The number of carbonyl (C=O) groups excluding carboxylic acids is 1. The second-order valence-electron chi connectivity index (χ2n) is 8.30. The Morgan fingerprint density at radius 2 is 1.91 bits per heavy atom. The molecule has 1 unspecified atom stereocenters. The van der Waals surface area contributed by atoms with Crippen LogP contribution in [0.4, 0.5) is 0 Å². The number of amides is 1. The van der Waals surface area contributed by atoms with E-state index >= 15 is 0 Å². The summed E-state index contributed by atoms with van der Waals surface area (Å²) in [6, 6.07) is 9.93. The maximum atomic E-state index is 13.0. The van der Waals surface area contributed by atoms with Crippen LogP contribution in [0.15, 0.2) is 30.3 Å². The number of aromatic nitrogens is 4. The van der Waals surface area contributed by atoms with Gasteiger partial charge >= 0.3 is 0 Å². The minimum Gasteiger partial charge on any atom is -0.481 e. The van der Waals surface area contributed by atoms with E-state index in [0.717, 1.165) is 66.0 Å². The standard InChI is InChI=1S/C25H31N5O2/c1-5-30-17(3)21(16(2)29-30)15-26-24(31)19-11-13-20-22(14-12-19)27-23(28-25(20)32-4)18-9-7-6-8-10-18/h6-10,19H,5,11-15H2,1-4H3,(H,26,31). The third-order valence-electron chi connectivity index (χ3n) is 6.39. The van der Waals surface area contributed by atoms with E-state index in [1.807, 2.05) is 41.9 Å². The molecule has 1 aliphatic carbocycles. The molecule has 168 valence electrons. The summed E-state index contributed by atoms with van der Waals surface area (Å²) in [4.78, 5) is 22.5. The molecule has 1 aliphatic rings. The molecule has 0 spiro atoms. The SMILES string of the molecule is CCn1nc(C)c(CNC(=O)C2CCc3nc(-c4ccccc4)nc(OC)c3CC2)c1C. The summed E-state index contributed by atoms with van der Waals surface area (Å²) in [7, 11) is 1.65. The van der Waals surface area contributed by atoms with E-state index in [9.17, 15) is 4.79 Å². The normalized spacial score (nSPS) is 15.7. The predicted octanol–water partition coefficient (Wildman–Crippen LogP) is 3.80. The van der Waals surface area contributed by atoms with Gasteiger partial charge in [-0.15, -0.1) is 0 Å². The number of methoxy groups -OCH3 is 1. The van der Waals surface area contributed by atoms with Crippen LogP contribution in [-0.4, -0.2) is 32.8 Å². The van der Waals surface area contributed by atoms with Crippen LogP contribution in [0.1, 0.15) is 48.0 Å². The molecule has 0 fully saturated rings. The maximum absolute atomic E-state index is 13.0. The van der Waals surface area contributed by atoms with Crippen molar-refractivity contribution >= 4 is 5.91 Å². The van der Waals surface area contributed by atoms with Gasteiger partial charge in [-0.2, -0.15) is 10.1 Å². The van der Waals surface area contributed by atoms with Crippen LogP contribution in [0.2, 0.25) is 0 Å². The fourth-order valence-electron chi connectivity index (χ4n) is 4.50.